The molecule has 142 valence electrons. The molecule has 2 aliphatic rings. The molecule has 1 aromatic carbocycles. The van der Waals surface area contributed by atoms with Gasteiger partial charge in [-0.2, -0.15) is 0 Å². The van der Waals surface area contributed by atoms with Crippen molar-refractivity contribution in [3.63, 3.8) is 0 Å². The number of ether oxygens (including phenoxy) is 1. The van der Waals surface area contributed by atoms with Crippen LogP contribution in [0, 0.1) is 0 Å². The minimum absolute atomic E-state index is 0.186. The lowest BCUT2D eigenvalue weighted by atomic mass is 9.87. The lowest BCUT2D eigenvalue weighted by Crippen LogP contribution is -2.30. The van der Waals surface area contributed by atoms with Gasteiger partial charge in [-0.25, -0.2) is 4.79 Å². The van der Waals surface area contributed by atoms with E-state index in [4.69, 9.17) is 4.74 Å². The molecule has 3 nitrogen and oxygen atoms in total. The SMILES string of the molecule is CCOC(=O)c1cc2c(s1)CCc1ccccc1C2=C1CCN(CC)CC1. The summed E-state index contributed by atoms with van der Waals surface area (Å²) in [6.07, 6.45) is 4.25. The fourth-order valence-electron chi connectivity index (χ4n) is 4.27. The number of esters is 1. The first kappa shape index (κ1) is 18.5. The fraction of sp³-hybridized carbons (Fsp3) is 0.435. The molecule has 0 amide bonds. The maximum atomic E-state index is 12.3. The van der Waals surface area contributed by atoms with E-state index in [1.54, 1.807) is 16.9 Å². The van der Waals surface area contributed by atoms with Crippen molar-refractivity contribution in [3.8, 4) is 0 Å². The van der Waals surface area contributed by atoms with Crippen LogP contribution in [0.3, 0.4) is 0 Å². The van der Waals surface area contributed by atoms with Crippen LogP contribution >= 0.6 is 11.3 Å². The van der Waals surface area contributed by atoms with E-state index in [-0.39, 0.29) is 5.97 Å². The van der Waals surface area contributed by atoms with Gasteiger partial charge < -0.3 is 9.64 Å². The molecule has 2 heterocycles. The monoisotopic (exact) mass is 381 g/mol. The minimum Gasteiger partial charge on any atom is -0.462 e. The van der Waals surface area contributed by atoms with Crippen molar-refractivity contribution < 1.29 is 9.53 Å². The lowest BCUT2D eigenvalue weighted by Gasteiger charge is -2.29. The smallest absolute Gasteiger partial charge is 0.348 e. The Morgan fingerprint density at radius 2 is 1.85 bits per heavy atom. The zero-order chi connectivity index (χ0) is 18.8. The van der Waals surface area contributed by atoms with Crippen LogP contribution in [0.1, 0.15) is 57.9 Å². The second-order valence-corrected chi connectivity index (χ2v) is 8.37. The lowest BCUT2D eigenvalue weighted by molar-refractivity contribution is 0.0532. The van der Waals surface area contributed by atoms with E-state index in [9.17, 15) is 4.79 Å². The molecule has 0 N–H and O–H groups in total. The Balaban J connectivity index is 1.82. The van der Waals surface area contributed by atoms with E-state index < -0.39 is 0 Å². The fourth-order valence-corrected chi connectivity index (χ4v) is 5.33. The van der Waals surface area contributed by atoms with E-state index in [1.165, 1.54) is 27.1 Å². The highest BCUT2D eigenvalue weighted by Crippen LogP contribution is 2.41. The topological polar surface area (TPSA) is 29.5 Å². The molecule has 0 atom stereocenters. The number of piperidine rings is 1. The van der Waals surface area contributed by atoms with Gasteiger partial charge in [0.2, 0.25) is 0 Å². The van der Waals surface area contributed by atoms with E-state index in [2.05, 4.69) is 42.2 Å². The first-order valence-electron chi connectivity index (χ1n) is 10.0. The number of rotatable bonds is 3. The Morgan fingerprint density at radius 3 is 2.59 bits per heavy atom. The number of carbonyl (C=O) groups excluding carboxylic acids is 1. The van der Waals surface area contributed by atoms with Crippen molar-refractivity contribution in [1.29, 1.82) is 0 Å². The Kier molecular flexibility index (Phi) is 5.46. The Hall–Kier alpha value is -1.91. The summed E-state index contributed by atoms with van der Waals surface area (Å²) in [7, 11) is 0. The second kappa shape index (κ2) is 7.99. The largest absolute Gasteiger partial charge is 0.462 e. The van der Waals surface area contributed by atoms with Crippen molar-refractivity contribution in [2.45, 2.75) is 39.5 Å². The predicted octanol–water partition coefficient (Wildman–Crippen LogP) is 4.94. The normalized spacial score (nSPS) is 17.3. The molecule has 4 rings (SSSR count). The average Bonchev–Trinajstić information content (AvgIpc) is 3.06. The van der Waals surface area contributed by atoms with Gasteiger partial charge in [0.05, 0.1) is 6.61 Å². The number of hydrogen-bond acceptors (Lipinski definition) is 4. The highest BCUT2D eigenvalue weighted by atomic mass is 32.1. The molecule has 1 aromatic heterocycles. The number of aryl methyl sites for hydroxylation is 2. The summed E-state index contributed by atoms with van der Waals surface area (Å²) in [6, 6.07) is 10.9. The summed E-state index contributed by atoms with van der Waals surface area (Å²) in [6.45, 7) is 7.90. The highest BCUT2D eigenvalue weighted by molar-refractivity contribution is 7.14. The molecule has 0 unspecified atom stereocenters. The van der Waals surface area contributed by atoms with E-state index in [1.807, 2.05) is 6.92 Å². The molecule has 1 saturated heterocycles. The standard InChI is InChI=1S/C23H27NO2S/c1-3-24-13-11-17(12-14-24)22-18-8-6-5-7-16(18)9-10-20-19(22)15-21(27-20)23(25)26-4-2/h5-8,15H,3-4,9-14H2,1-2H3. The number of fused-ring (bicyclic) bond motifs is 2. The number of likely N-dealkylation sites (tertiary alicyclic amines) is 1. The van der Waals surface area contributed by atoms with Gasteiger partial charge in [0.1, 0.15) is 4.88 Å². The van der Waals surface area contributed by atoms with E-state index in [0.29, 0.717) is 6.61 Å². The molecule has 2 aromatic rings. The van der Waals surface area contributed by atoms with Crippen molar-refractivity contribution in [2.24, 2.45) is 0 Å². The molecule has 1 aliphatic heterocycles. The van der Waals surface area contributed by atoms with Gasteiger partial charge in [0.25, 0.3) is 0 Å². The zero-order valence-corrected chi connectivity index (χ0v) is 17.0. The van der Waals surface area contributed by atoms with Crippen LogP contribution in [0.5, 0.6) is 0 Å². The van der Waals surface area contributed by atoms with Crippen LogP contribution in [0.4, 0.5) is 0 Å². The van der Waals surface area contributed by atoms with Gasteiger partial charge in [-0.15, -0.1) is 11.3 Å². The Morgan fingerprint density at radius 1 is 1.07 bits per heavy atom. The summed E-state index contributed by atoms with van der Waals surface area (Å²) in [4.78, 5) is 16.9. The minimum atomic E-state index is -0.186. The Bertz CT molecular complexity index is 870. The van der Waals surface area contributed by atoms with E-state index in [0.717, 1.165) is 50.2 Å². The van der Waals surface area contributed by atoms with Crippen molar-refractivity contribution >= 4 is 22.9 Å². The van der Waals surface area contributed by atoms with Crippen LogP contribution in [0.15, 0.2) is 35.9 Å². The molecule has 0 spiro atoms. The summed E-state index contributed by atoms with van der Waals surface area (Å²) >= 11 is 1.62. The summed E-state index contributed by atoms with van der Waals surface area (Å²) in [5, 5.41) is 0. The average molecular weight is 382 g/mol. The number of benzene rings is 1. The van der Waals surface area contributed by atoms with Gasteiger partial charge >= 0.3 is 5.97 Å². The van der Waals surface area contributed by atoms with Gasteiger partial charge in [0, 0.05) is 18.0 Å². The number of nitrogens with zero attached hydrogens (tertiary/aromatic N) is 1. The van der Waals surface area contributed by atoms with Crippen LogP contribution in [-0.2, 0) is 17.6 Å². The maximum Gasteiger partial charge on any atom is 0.348 e. The molecule has 0 bridgehead atoms. The first-order chi connectivity index (χ1) is 13.2. The Labute approximate surface area is 165 Å². The molecule has 1 fully saturated rings. The first-order valence-corrected chi connectivity index (χ1v) is 10.9. The second-order valence-electron chi connectivity index (χ2n) is 7.24. The van der Waals surface area contributed by atoms with Gasteiger partial charge in [0.15, 0.2) is 0 Å². The third-order valence-electron chi connectivity index (χ3n) is 5.72. The molecule has 4 heteroatoms. The third kappa shape index (κ3) is 3.61. The maximum absolute atomic E-state index is 12.3. The third-order valence-corrected chi connectivity index (χ3v) is 6.90. The van der Waals surface area contributed by atoms with Gasteiger partial charge in [-0.1, -0.05) is 36.8 Å². The van der Waals surface area contributed by atoms with Crippen LogP contribution in [-0.4, -0.2) is 37.1 Å². The van der Waals surface area contributed by atoms with Crippen molar-refractivity contribution in [3.05, 3.63) is 62.3 Å². The molecule has 1 aliphatic carbocycles. The molecule has 27 heavy (non-hydrogen) atoms. The molecular formula is C23H27NO2S. The van der Waals surface area contributed by atoms with Crippen LogP contribution in [0.2, 0.25) is 0 Å². The summed E-state index contributed by atoms with van der Waals surface area (Å²) < 4.78 is 5.26. The van der Waals surface area contributed by atoms with Gasteiger partial charge in [-0.3, -0.25) is 0 Å². The number of hydrogen-bond donors (Lipinski definition) is 0. The van der Waals surface area contributed by atoms with E-state index >= 15 is 0 Å². The highest BCUT2D eigenvalue weighted by Gasteiger charge is 2.26. The van der Waals surface area contributed by atoms with Crippen molar-refractivity contribution in [1.82, 2.24) is 4.90 Å². The van der Waals surface area contributed by atoms with Crippen LogP contribution in [0.25, 0.3) is 5.57 Å². The number of thiophene rings is 1. The molecular weight excluding hydrogens is 354 g/mol. The zero-order valence-electron chi connectivity index (χ0n) is 16.2. The summed E-state index contributed by atoms with van der Waals surface area (Å²) in [5.41, 5.74) is 7.00. The van der Waals surface area contributed by atoms with Crippen LogP contribution < -0.4 is 0 Å². The predicted molar refractivity (Wildman–Crippen MR) is 111 cm³/mol. The van der Waals surface area contributed by atoms with Crippen molar-refractivity contribution in [2.75, 3.05) is 26.2 Å². The quantitative estimate of drug-likeness (QED) is 0.705. The molecule has 0 radical (unpaired) electrons. The molecule has 0 saturated carbocycles. The summed E-state index contributed by atoms with van der Waals surface area (Å²) in [5.74, 6) is -0.186. The van der Waals surface area contributed by atoms with Gasteiger partial charge in [-0.05, 0) is 67.5 Å². The number of carbonyl (C=O) groups is 1.